The Morgan fingerprint density at radius 2 is 1.91 bits per heavy atom. The normalized spacial score (nSPS) is 62.4. The molecule has 6 fully saturated rings. The zero-order valence-corrected chi connectivity index (χ0v) is 14.5. The van der Waals surface area contributed by atoms with Crippen LogP contribution >= 0.6 is 0 Å². The Labute approximate surface area is 138 Å². The zero-order valence-electron chi connectivity index (χ0n) is 14.5. The molecule has 6 aliphatic carbocycles. The monoisotopic (exact) mass is 318 g/mol. The molecule has 0 saturated heterocycles. The van der Waals surface area contributed by atoms with Crippen molar-refractivity contribution in [3.05, 3.63) is 0 Å². The number of carboxylic acids is 1. The minimum atomic E-state index is -0.567. The number of carboxylic acid groups (broad SMARTS) is 1. The minimum Gasteiger partial charge on any atom is -0.481 e. The van der Waals surface area contributed by atoms with E-state index < -0.39 is 11.4 Å². The van der Waals surface area contributed by atoms with E-state index in [0.717, 1.165) is 31.1 Å². The minimum absolute atomic E-state index is 0.207. The van der Waals surface area contributed by atoms with Gasteiger partial charge in [0.1, 0.15) is 0 Å². The summed E-state index contributed by atoms with van der Waals surface area (Å²) in [5, 5.41) is 19.9. The molecule has 2 N–H and O–H groups in total. The molecule has 0 aromatic carbocycles. The summed E-state index contributed by atoms with van der Waals surface area (Å²) in [6.07, 6.45) is 9.29. The Bertz CT molecular complexity index is 587. The van der Waals surface area contributed by atoms with Crippen molar-refractivity contribution < 1.29 is 15.0 Å². The lowest BCUT2D eigenvalue weighted by molar-refractivity contribution is -0.187. The molecule has 0 radical (unpaired) electrons. The number of aliphatic hydroxyl groups is 1. The van der Waals surface area contributed by atoms with E-state index in [4.69, 9.17) is 0 Å². The lowest BCUT2D eigenvalue weighted by Crippen LogP contribution is -2.59. The highest BCUT2D eigenvalue weighted by Gasteiger charge is 2.80. The predicted molar refractivity (Wildman–Crippen MR) is 86.7 cm³/mol. The van der Waals surface area contributed by atoms with E-state index in [1.165, 1.54) is 32.1 Å². The summed E-state index contributed by atoms with van der Waals surface area (Å²) >= 11 is 0. The summed E-state index contributed by atoms with van der Waals surface area (Å²) < 4.78 is 0. The molecule has 0 heterocycles. The van der Waals surface area contributed by atoms with Crippen LogP contribution in [0.2, 0.25) is 0 Å². The third kappa shape index (κ3) is 1.42. The van der Waals surface area contributed by atoms with Gasteiger partial charge >= 0.3 is 5.97 Å². The second-order valence-corrected chi connectivity index (χ2v) is 10.3. The molecule has 0 amide bonds. The molecule has 128 valence electrons. The summed E-state index contributed by atoms with van der Waals surface area (Å²) in [6, 6.07) is 0. The average molecular weight is 318 g/mol. The summed E-state index contributed by atoms with van der Waals surface area (Å²) in [5.41, 5.74) is 0.403. The molecule has 1 unspecified atom stereocenters. The van der Waals surface area contributed by atoms with E-state index in [9.17, 15) is 15.0 Å². The number of aliphatic hydroxyl groups excluding tert-OH is 1. The number of hydrogen-bond acceptors (Lipinski definition) is 2. The lowest BCUT2D eigenvalue weighted by atomic mass is 9.39. The molecule has 6 aliphatic rings. The molecule has 1 spiro atoms. The molecule has 6 rings (SSSR count). The van der Waals surface area contributed by atoms with Gasteiger partial charge in [0, 0.05) is 12.0 Å². The van der Waals surface area contributed by atoms with Crippen molar-refractivity contribution in [1.82, 2.24) is 0 Å². The first kappa shape index (κ1) is 14.7. The third-order valence-electron chi connectivity index (χ3n) is 9.88. The van der Waals surface area contributed by atoms with Gasteiger partial charge in [-0.3, -0.25) is 4.79 Å². The van der Waals surface area contributed by atoms with Gasteiger partial charge in [0.2, 0.25) is 0 Å². The van der Waals surface area contributed by atoms with Gasteiger partial charge in [0.25, 0.3) is 0 Å². The van der Waals surface area contributed by atoms with Gasteiger partial charge in [-0.25, -0.2) is 0 Å². The fourth-order valence-electron chi connectivity index (χ4n) is 8.90. The average Bonchev–Trinajstić information content (AvgIpc) is 3.01. The van der Waals surface area contributed by atoms with Crippen molar-refractivity contribution in [2.45, 2.75) is 65.2 Å². The molecule has 6 saturated carbocycles. The first-order chi connectivity index (χ1) is 10.8. The smallest absolute Gasteiger partial charge is 0.309 e. The fourth-order valence-corrected chi connectivity index (χ4v) is 8.90. The van der Waals surface area contributed by atoms with Gasteiger partial charge in [0.15, 0.2) is 0 Å². The SMILES string of the molecule is C[C@@]12CCC[C@](C)(C(=O)O)[C@H]1CC[C@@]13CC4[C@@H](C[C@H]12)[C@@]4(CO)C3. The van der Waals surface area contributed by atoms with Crippen LogP contribution in [0.3, 0.4) is 0 Å². The zero-order chi connectivity index (χ0) is 16.3. The molecular weight excluding hydrogens is 288 g/mol. The summed E-state index contributed by atoms with van der Waals surface area (Å²) in [4.78, 5) is 12.1. The van der Waals surface area contributed by atoms with Crippen molar-refractivity contribution in [2.24, 2.45) is 45.3 Å². The third-order valence-corrected chi connectivity index (χ3v) is 9.88. The van der Waals surface area contributed by atoms with E-state index in [1.54, 1.807) is 0 Å². The van der Waals surface area contributed by atoms with Crippen LogP contribution < -0.4 is 0 Å². The van der Waals surface area contributed by atoms with E-state index in [-0.39, 0.29) is 10.8 Å². The summed E-state index contributed by atoms with van der Waals surface area (Å²) in [7, 11) is 0. The fraction of sp³-hybridized carbons (Fsp3) is 0.950. The summed E-state index contributed by atoms with van der Waals surface area (Å²) in [5.74, 6) is 2.02. The quantitative estimate of drug-likeness (QED) is 0.816. The van der Waals surface area contributed by atoms with Gasteiger partial charge in [-0.15, -0.1) is 0 Å². The molecule has 0 aliphatic heterocycles. The molecule has 23 heavy (non-hydrogen) atoms. The summed E-state index contributed by atoms with van der Waals surface area (Å²) in [6.45, 7) is 4.85. The van der Waals surface area contributed by atoms with E-state index in [1.807, 2.05) is 6.92 Å². The molecule has 3 heteroatoms. The number of rotatable bonds is 2. The Morgan fingerprint density at radius 1 is 1.13 bits per heavy atom. The topological polar surface area (TPSA) is 57.5 Å². The van der Waals surface area contributed by atoms with E-state index in [2.05, 4.69) is 6.92 Å². The van der Waals surface area contributed by atoms with Crippen molar-refractivity contribution in [3.8, 4) is 0 Å². The Kier molecular flexibility index (Phi) is 2.55. The van der Waals surface area contributed by atoms with Gasteiger partial charge < -0.3 is 10.2 Å². The van der Waals surface area contributed by atoms with Crippen molar-refractivity contribution >= 4 is 5.97 Å². The van der Waals surface area contributed by atoms with Crippen molar-refractivity contribution in [3.63, 3.8) is 0 Å². The van der Waals surface area contributed by atoms with Crippen LogP contribution in [0.15, 0.2) is 0 Å². The van der Waals surface area contributed by atoms with Crippen molar-refractivity contribution in [1.29, 1.82) is 0 Å². The Morgan fingerprint density at radius 3 is 2.57 bits per heavy atom. The van der Waals surface area contributed by atoms with Crippen LogP contribution in [-0.2, 0) is 4.79 Å². The maximum absolute atomic E-state index is 12.1. The largest absolute Gasteiger partial charge is 0.481 e. The van der Waals surface area contributed by atoms with E-state index in [0.29, 0.717) is 23.9 Å². The number of aliphatic carboxylic acids is 1. The van der Waals surface area contributed by atoms with Crippen LogP contribution in [-0.4, -0.2) is 22.8 Å². The standard InChI is InChI=1S/C20H30O3/c1-17-5-3-6-18(2,16(22)23)14(17)4-7-19-9-13-12(8-15(17)19)20(13,10-19)11-21/h12-15,21H,3-11H2,1-2H3,(H,22,23)/t12-,13?,14+,15+,17-,18+,19+,20+/m1/s1. The highest BCUT2D eigenvalue weighted by Crippen LogP contribution is 2.85. The molecule has 4 bridgehead atoms. The maximum atomic E-state index is 12.1. The second kappa shape index (κ2) is 3.98. The Hall–Kier alpha value is -0.570. The van der Waals surface area contributed by atoms with Crippen LogP contribution in [0.4, 0.5) is 0 Å². The second-order valence-electron chi connectivity index (χ2n) is 10.3. The van der Waals surface area contributed by atoms with Gasteiger partial charge in [0.05, 0.1) is 5.41 Å². The molecule has 3 nitrogen and oxygen atoms in total. The Balaban J connectivity index is 1.54. The highest BCUT2D eigenvalue weighted by molar-refractivity contribution is 5.75. The van der Waals surface area contributed by atoms with E-state index >= 15 is 0 Å². The van der Waals surface area contributed by atoms with Gasteiger partial charge in [-0.2, -0.15) is 0 Å². The van der Waals surface area contributed by atoms with Crippen LogP contribution in [0.5, 0.6) is 0 Å². The van der Waals surface area contributed by atoms with Crippen LogP contribution in [0.25, 0.3) is 0 Å². The van der Waals surface area contributed by atoms with Gasteiger partial charge in [-0.05, 0) is 86.4 Å². The number of fused-ring (bicyclic) bond motifs is 1. The van der Waals surface area contributed by atoms with Crippen LogP contribution in [0.1, 0.15) is 65.2 Å². The van der Waals surface area contributed by atoms with Gasteiger partial charge in [-0.1, -0.05) is 13.3 Å². The maximum Gasteiger partial charge on any atom is 0.309 e. The molecular formula is C20H30O3. The number of carbonyl (C=O) groups is 1. The molecule has 0 aromatic heterocycles. The number of hydrogen-bond donors (Lipinski definition) is 2. The molecule has 8 atom stereocenters. The lowest BCUT2D eigenvalue weighted by Gasteiger charge is -2.65. The van der Waals surface area contributed by atoms with Crippen molar-refractivity contribution in [2.75, 3.05) is 6.61 Å². The first-order valence-corrected chi connectivity index (χ1v) is 9.67. The van der Waals surface area contributed by atoms with Crippen LogP contribution in [0, 0.1) is 45.3 Å². The first-order valence-electron chi connectivity index (χ1n) is 9.67. The highest BCUT2D eigenvalue weighted by atomic mass is 16.4. The predicted octanol–water partition coefficient (Wildman–Crippen LogP) is 3.70. The molecule has 0 aromatic rings.